The van der Waals surface area contributed by atoms with Gasteiger partial charge in [-0.3, -0.25) is 0 Å². The van der Waals surface area contributed by atoms with E-state index < -0.39 is 5.67 Å². The standard InChI is InChI=1S/C12H14F2O/c13-11-3-1-2-10(8-11)9-12(14)4-6-15-7-5-12/h1-3,8H,4-7,9H2. The van der Waals surface area contributed by atoms with Gasteiger partial charge in [-0.15, -0.1) is 0 Å². The normalized spacial score (nSPS) is 20.1. The minimum atomic E-state index is -1.22. The summed E-state index contributed by atoms with van der Waals surface area (Å²) in [7, 11) is 0. The number of rotatable bonds is 2. The summed E-state index contributed by atoms with van der Waals surface area (Å²) < 4.78 is 32.2. The van der Waals surface area contributed by atoms with E-state index in [4.69, 9.17) is 4.74 Å². The van der Waals surface area contributed by atoms with Gasteiger partial charge in [-0.2, -0.15) is 0 Å². The first-order chi connectivity index (χ1) is 7.18. The Morgan fingerprint density at radius 2 is 2.00 bits per heavy atom. The topological polar surface area (TPSA) is 9.23 Å². The summed E-state index contributed by atoms with van der Waals surface area (Å²) in [6.45, 7) is 0.928. The second-order valence-corrected chi connectivity index (χ2v) is 4.07. The maximum Gasteiger partial charge on any atom is 0.123 e. The number of alkyl halides is 1. The van der Waals surface area contributed by atoms with Crippen LogP contribution in [0.2, 0.25) is 0 Å². The lowest BCUT2D eigenvalue weighted by molar-refractivity contribution is -0.00818. The van der Waals surface area contributed by atoms with Crippen LogP contribution in [0.3, 0.4) is 0 Å². The molecule has 1 saturated heterocycles. The maximum absolute atomic E-state index is 14.2. The Hall–Kier alpha value is -0.960. The van der Waals surface area contributed by atoms with Crippen molar-refractivity contribution in [3.8, 4) is 0 Å². The number of halogens is 2. The van der Waals surface area contributed by atoms with E-state index in [-0.39, 0.29) is 12.2 Å². The Morgan fingerprint density at radius 3 is 2.67 bits per heavy atom. The van der Waals surface area contributed by atoms with Gasteiger partial charge < -0.3 is 4.74 Å². The van der Waals surface area contributed by atoms with Gasteiger partial charge in [0.25, 0.3) is 0 Å². The fourth-order valence-electron chi connectivity index (χ4n) is 1.93. The van der Waals surface area contributed by atoms with Crippen LogP contribution in [-0.4, -0.2) is 18.9 Å². The van der Waals surface area contributed by atoms with Gasteiger partial charge in [0.15, 0.2) is 0 Å². The third-order valence-electron chi connectivity index (χ3n) is 2.80. The van der Waals surface area contributed by atoms with Crippen LogP contribution >= 0.6 is 0 Å². The summed E-state index contributed by atoms with van der Waals surface area (Å²) in [5.74, 6) is -0.303. The number of ether oxygens (including phenoxy) is 1. The zero-order chi connectivity index (χ0) is 10.7. The Labute approximate surface area is 88.1 Å². The van der Waals surface area contributed by atoms with Crippen LogP contribution < -0.4 is 0 Å². The lowest BCUT2D eigenvalue weighted by Gasteiger charge is -2.29. The molecule has 0 bridgehead atoms. The zero-order valence-electron chi connectivity index (χ0n) is 8.51. The van der Waals surface area contributed by atoms with E-state index in [1.807, 2.05) is 0 Å². The molecular weight excluding hydrogens is 198 g/mol. The van der Waals surface area contributed by atoms with Crippen molar-refractivity contribution in [2.75, 3.05) is 13.2 Å². The lowest BCUT2D eigenvalue weighted by Crippen LogP contribution is -2.33. The maximum atomic E-state index is 14.2. The van der Waals surface area contributed by atoms with Crippen molar-refractivity contribution in [2.24, 2.45) is 0 Å². The third-order valence-corrected chi connectivity index (χ3v) is 2.80. The summed E-state index contributed by atoms with van der Waals surface area (Å²) in [6.07, 6.45) is 1.10. The molecule has 1 aromatic carbocycles. The Kier molecular flexibility index (Phi) is 3.00. The molecule has 0 radical (unpaired) electrons. The van der Waals surface area contributed by atoms with Crippen LogP contribution in [0.1, 0.15) is 18.4 Å². The van der Waals surface area contributed by atoms with Crippen molar-refractivity contribution < 1.29 is 13.5 Å². The molecule has 0 amide bonds. The highest BCUT2D eigenvalue weighted by molar-refractivity contribution is 5.18. The average molecular weight is 212 g/mol. The van der Waals surface area contributed by atoms with Crippen molar-refractivity contribution >= 4 is 0 Å². The van der Waals surface area contributed by atoms with Gasteiger partial charge in [-0.1, -0.05) is 12.1 Å². The third kappa shape index (κ3) is 2.75. The van der Waals surface area contributed by atoms with Gasteiger partial charge in [0.1, 0.15) is 11.5 Å². The molecule has 0 aliphatic carbocycles. The molecule has 1 aliphatic heterocycles. The molecule has 3 heteroatoms. The van der Waals surface area contributed by atoms with Crippen LogP contribution in [-0.2, 0) is 11.2 Å². The van der Waals surface area contributed by atoms with E-state index in [1.165, 1.54) is 12.1 Å². The minimum Gasteiger partial charge on any atom is -0.381 e. The summed E-state index contributed by atoms with van der Waals surface area (Å²) in [4.78, 5) is 0. The first-order valence-electron chi connectivity index (χ1n) is 5.19. The molecule has 2 rings (SSSR count). The number of benzene rings is 1. The molecule has 1 heterocycles. The minimum absolute atomic E-state index is 0.286. The second-order valence-electron chi connectivity index (χ2n) is 4.07. The summed E-state index contributed by atoms with van der Waals surface area (Å²) >= 11 is 0. The smallest absolute Gasteiger partial charge is 0.123 e. The van der Waals surface area contributed by atoms with Crippen molar-refractivity contribution in [3.63, 3.8) is 0 Å². The molecule has 0 aromatic heterocycles. The zero-order valence-corrected chi connectivity index (χ0v) is 8.51. The van der Waals surface area contributed by atoms with Crippen molar-refractivity contribution in [2.45, 2.75) is 24.9 Å². The van der Waals surface area contributed by atoms with Crippen molar-refractivity contribution in [1.82, 2.24) is 0 Å². The Morgan fingerprint density at radius 1 is 1.27 bits per heavy atom. The van der Waals surface area contributed by atoms with E-state index >= 15 is 0 Å². The fourth-order valence-corrected chi connectivity index (χ4v) is 1.93. The van der Waals surface area contributed by atoms with Crippen LogP contribution in [0, 0.1) is 5.82 Å². The summed E-state index contributed by atoms with van der Waals surface area (Å²) in [5.41, 5.74) is -0.495. The quantitative estimate of drug-likeness (QED) is 0.732. The van der Waals surface area contributed by atoms with Crippen LogP contribution in [0.5, 0.6) is 0 Å². The van der Waals surface area contributed by atoms with E-state index in [1.54, 1.807) is 12.1 Å². The molecule has 15 heavy (non-hydrogen) atoms. The molecule has 1 aliphatic rings. The molecule has 1 aromatic rings. The Balaban J connectivity index is 2.06. The average Bonchev–Trinajstić information content (AvgIpc) is 2.18. The molecular formula is C12H14F2O. The first kappa shape index (κ1) is 10.6. The molecule has 0 atom stereocenters. The summed E-state index contributed by atoms with van der Waals surface area (Å²) in [5, 5.41) is 0. The van der Waals surface area contributed by atoms with Gasteiger partial charge in [-0.25, -0.2) is 8.78 Å². The van der Waals surface area contributed by atoms with Crippen LogP contribution in [0.4, 0.5) is 8.78 Å². The second kappa shape index (κ2) is 4.27. The Bertz CT molecular complexity index is 332. The van der Waals surface area contributed by atoms with Crippen LogP contribution in [0.15, 0.2) is 24.3 Å². The van der Waals surface area contributed by atoms with E-state index in [2.05, 4.69) is 0 Å². The summed E-state index contributed by atoms with van der Waals surface area (Å²) in [6, 6.07) is 6.16. The lowest BCUT2D eigenvalue weighted by atomic mass is 9.89. The largest absolute Gasteiger partial charge is 0.381 e. The molecule has 82 valence electrons. The number of hydrogen-bond acceptors (Lipinski definition) is 1. The van der Waals surface area contributed by atoms with E-state index in [0.717, 1.165) is 5.56 Å². The molecule has 0 saturated carbocycles. The highest BCUT2D eigenvalue weighted by atomic mass is 19.1. The SMILES string of the molecule is Fc1cccc(CC2(F)CCOCC2)c1. The highest BCUT2D eigenvalue weighted by Crippen LogP contribution is 2.29. The van der Waals surface area contributed by atoms with Gasteiger partial charge >= 0.3 is 0 Å². The van der Waals surface area contributed by atoms with Gasteiger partial charge in [0, 0.05) is 32.5 Å². The monoisotopic (exact) mass is 212 g/mol. The van der Waals surface area contributed by atoms with Gasteiger partial charge in [-0.05, 0) is 17.7 Å². The highest BCUT2D eigenvalue weighted by Gasteiger charge is 2.32. The predicted octanol–water partition coefficient (Wildman–Crippen LogP) is 2.89. The molecule has 0 spiro atoms. The fraction of sp³-hybridized carbons (Fsp3) is 0.500. The first-order valence-corrected chi connectivity index (χ1v) is 5.19. The van der Waals surface area contributed by atoms with Crippen LogP contribution in [0.25, 0.3) is 0 Å². The molecule has 0 N–H and O–H groups in total. The van der Waals surface area contributed by atoms with Crippen molar-refractivity contribution in [3.05, 3.63) is 35.6 Å². The van der Waals surface area contributed by atoms with E-state index in [9.17, 15) is 8.78 Å². The van der Waals surface area contributed by atoms with Crippen molar-refractivity contribution in [1.29, 1.82) is 0 Å². The molecule has 0 unspecified atom stereocenters. The predicted molar refractivity (Wildman–Crippen MR) is 54.0 cm³/mol. The van der Waals surface area contributed by atoms with Gasteiger partial charge in [0.05, 0.1) is 0 Å². The van der Waals surface area contributed by atoms with E-state index in [0.29, 0.717) is 26.1 Å². The number of hydrogen-bond donors (Lipinski definition) is 0. The molecule has 1 nitrogen and oxygen atoms in total. The molecule has 1 fully saturated rings. The van der Waals surface area contributed by atoms with Gasteiger partial charge in [0.2, 0.25) is 0 Å².